The molecule has 0 saturated heterocycles. The third-order valence-corrected chi connectivity index (χ3v) is 4.29. The quantitative estimate of drug-likeness (QED) is 0.348. The van der Waals surface area contributed by atoms with Gasteiger partial charge in [-0.3, -0.25) is 0 Å². The summed E-state index contributed by atoms with van der Waals surface area (Å²) in [4.78, 5) is 27.0. The molecule has 0 unspecified atom stereocenters. The van der Waals surface area contributed by atoms with Gasteiger partial charge in [0.05, 0.1) is 20.8 Å². The normalized spacial score (nSPS) is 9.96. The van der Waals surface area contributed by atoms with Crippen LogP contribution in [0.2, 0.25) is 0 Å². The second-order valence-electron chi connectivity index (χ2n) is 5.04. The summed E-state index contributed by atoms with van der Waals surface area (Å²) in [6.45, 7) is 0.730. The lowest BCUT2D eigenvalue weighted by Crippen LogP contribution is -2.18. The predicted molar refractivity (Wildman–Crippen MR) is 94.9 cm³/mol. The summed E-state index contributed by atoms with van der Waals surface area (Å²) in [5.41, 5.74) is 1.50. The number of carbonyl (C=O) groups excluding carboxylic acids is 2. The van der Waals surface area contributed by atoms with Crippen molar-refractivity contribution in [1.82, 2.24) is 0 Å². The second kappa shape index (κ2) is 8.31. The molecule has 0 aliphatic rings. The number of methoxy groups -OCH3 is 2. The molecule has 0 aliphatic carbocycles. The number of carbonyl (C=O) groups is 2. The maximum atomic E-state index is 11.9. The fourth-order valence-electron chi connectivity index (χ4n) is 2.26. The number of hydrogen-bond donors (Lipinski definition) is 0. The molecule has 24 heavy (non-hydrogen) atoms. The molecule has 0 radical (unpaired) electrons. The number of rotatable bonds is 6. The van der Waals surface area contributed by atoms with Gasteiger partial charge >= 0.3 is 11.9 Å². The van der Waals surface area contributed by atoms with Crippen molar-refractivity contribution in [1.29, 1.82) is 0 Å². The Labute approximate surface area is 145 Å². The van der Waals surface area contributed by atoms with Gasteiger partial charge in [-0.2, -0.15) is 0 Å². The number of ether oxygens (including phenoxy) is 2. The van der Waals surface area contributed by atoms with Crippen molar-refractivity contribution in [2.45, 2.75) is 6.54 Å². The van der Waals surface area contributed by atoms with E-state index in [1.54, 1.807) is 11.3 Å². The van der Waals surface area contributed by atoms with Crippen LogP contribution in [0.25, 0.3) is 6.08 Å². The minimum absolute atomic E-state index is 0.142. The lowest BCUT2D eigenvalue weighted by molar-refractivity contribution is -0.143. The van der Waals surface area contributed by atoms with E-state index in [4.69, 9.17) is 0 Å². The summed E-state index contributed by atoms with van der Waals surface area (Å²) in [6.07, 6.45) is 1.50. The van der Waals surface area contributed by atoms with Gasteiger partial charge in [0.1, 0.15) is 5.57 Å². The van der Waals surface area contributed by atoms with Crippen LogP contribution in [0, 0.1) is 0 Å². The molecule has 0 amide bonds. The molecule has 0 fully saturated rings. The van der Waals surface area contributed by atoms with E-state index in [0.29, 0.717) is 0 Å². The molecule has 0 spiro atoms. The molecule has 126 valence electrons. The number of thiophene rings is 1. The molecular formula is C18H19NO4S. The Kier molecular flexibility index (Phi) is 6.14. The van der Waals surface area contributed by atoms with Crippen LogP contribution < -0.4 is 4.90 Å². The number of benzene rings is 1. The number of esters is 2. The topological polar surface area (TPSA) is 55.8 Å². The lowest BCUT2D eigenvalue weighted by Gasteiger charge is -2.21. The van der Waals surface area contributed by atoms with Gasteiger partial charge in [0, 0.05) is 17.6 Å². The van der Waals surface area contributed by atoms with Gasteiger partial charge in [0.2, 0.25) is 0 Å². The Hall–Kier alpha value is -2.60. The first-order valence-electron chi connectivity index (χ1n) is 7.27. The summed E-state index contributed by atoms with van der Waals surface area (Å²) >= 11 is 1.68. The van der Waals surface area contributed by atoms with E-state index in [0.717, 1.165) is 17.8 Å². The zero-order valence-electron chi connectivity index (χ0n) is 13.8. The Morgan fingerprint density at radius 3 is 2.33 bits per heavy atom. The first-order chi connectivity index (χ1) is 11.6. The van der Waals surface area contributed by atoms with Crippen LogP contribution in [-0.2, 0) is 25.6 Å². The predicted octanol–water partition coefficient (Wildman–Crippen LogP) is 3.11. The molecule has 2 rings (SSSR count). The van der Waals surface area contributed by atoms with E-state index in [2.05, 4.69) is 20.4 Å². The van der Waals surface area contributed by atoms with E-state index >= 15 is 0 Å². The van der Waals surface area contributed by atoms with E-state index in [9.17, 15) is 9.59 Å². The largest absolute Gasteiger partial charge is 0.465 e. The van der Waals surface area contributed by atoms with Crippen LogP contribution in [0.1, 0.15) is 10.4 Å². The Morgan fingerprint density at radius 2 is 1.75 bits per heavy atom. The van der Waals surface area contributed by atoms with Crippen LogP contribution in [0.5, 0.6) is 0 Å². The summed E-state index contributed by atoms with van der Waals surface area (Å²) in [5, 5.41) is 2.03. The number of hydrogen-bond acceptors (Lipinski definition) is 6. The lowest BCUT2D eigenvalue weighted by atomic mass is 10.1. The molecule has 0 saturated carbocycles. The van der Waals surface area contributed by atoms with Crippen molar-refractivity contribution in [3.63, 3.8) is 0 Å². The van der Waals surface area contributed by atoms with E-state index in [-0.39, 0.29) is 5.57 Å². The minimum Gasteiger partial charge on any atom is -0.465 e. The van der Waals surface area contributed by atoms with Gasteiger partial charge in [-0.05, 0) is 29.2 Å². The Morgan fingerprint density at radius 1 is 1.08 bits per heavy atom. The summed E-state index contributed by atoms with van der Waals surface area (Å²) in [7, 11) is 4.42. The van der Waals surface area contributed by atoms with Crippen LogP contribution in [0.4, 0.5) is 5.69 Å². The van der Waals surface area contributed by atoms with Crippen molar-refractivity contribution in [2.24, 2.45) is 0 Å². The summed E-state index contributed by atoms with van der Waals surface area (Å²) in [5.74, 6) is -1.45. The molecule has 5 nitrogen and oxygen atoms in total. The van der Waals surface area contributed by atoms with Crippen molar-refractivity contribution in [3.8, 4) is 0 Å². The third kappa shape index (κ3) is 4.23. The minimum atomic E-state index is -0.724. The van der Waals surface area contributed by atoms with Gasteiger partial charge in [-0.1, -0.05) is 24.3 Å². The first-order valence-corrected chi connectivity index (χ1v) is 8.15. The Balaban J connectivity index is 2.37. The fourth-order valence-corrected chi connectivity index (χ4v) is 3.01. The van der Waals surface area contributed by atoms with Gasteiger partial charge < -0.3 is 14.4 Å². The number of anilines is 1. The zero-order chi connectivity index (χ0) is 17.5. The average Bonchev–Trinajstić information content (AvgIpc) is 3.11. The summed E-state index contributed by atoms with van der Waals surface area (Å²) < 4.78 is 9.35. The highest BCUT2D eigenvalue weighted by molar-refractivity contribution is 7.09. The van der Waals surface area contributed by atoms with Gasteiger partial charge in [-0.15, -0.1) is 11.3 Å². The van der Waals surface area contributed by atoms with E-state index in [1.165, 1.54) is 25.2 Å². The maximum absolute atomic E-state index is 11.9. The molecule has 0 aliphatic heterocycles. The van der Waals surface area contributed by atoms with Gasteiger partial charge in [0.25, 0.3) is 0 Å². The van der Waals surface area contributed by atoms with Crippen molar-refractivity contribution >= 4 is 35.0 Å². The van der Waals surface area contributed by atoms with Crippen LogP contribution in [-0.4, -0.2) is 33.2 Å². The second-order valence-corrected chi connectivity index (χ2v) is 6.07. The molecule has 0 bridgehead atoms. The molecule has 0 N–H and O–H groups in total. The SMILES string of the molecule is COC(=O)C(=Cc1ccccc1N(C)Cc1cccs1)C(=O)OC. The first kappa shape index (κ1) is 17.7. The highest BCUT2D eigenvalue weighted by atomic mass is 32.1. The highest BCUT2D eigenvalue weighted by Crippen LogP contribution is 2.25. The van der Waals surface area contributed by atoms with Crippen LogP contribution in [0.15, 0.2) is 47.4 Å². The third-order valence-electron chi connectivity index (χ3n) is 3.43. The molecular weight excluding hydrogens is 326 g/mol. The number of para-hydroxylation sites is 1. The monoisotopic (exact) mass is 345 g/mol. The smallest absolute Gasteiger partial charge is 0.345 e. The van der Waals surface area contributed by atoms with Crippen molar-refractivity contribution < 1.29 is 19.1 Å². The zero-order valence-corrected chi connectivity index (χ0v) is 14.6. The molecule has 1 aromatic carbocycles. The standard InChI is InChI=1S/C18H19NO4S/c1-19(12-14-8-6-10-24-14)16-9-5-4-7-13(16)11-15(17(20)22-2)18(21)23-3/h4-11H,12H2,1-3H3. The van der Waals surface area contributed by atoms with Crippen molar-refractivity contribution in [2.75, 3.05) is 26.2 Å². The molecule has 0 atom stereocenters. The molecule has 2 aromatic rings. The maximum Gasteiger partial charge on any atom is 0.345 e. The van der Waals surface area contributed by atoms with Crippen LogP contribution in [0.3, 0.4) is 0 Å². The Bertz CT molecular complexity index is 719. The average molecular weight is 345 g/mol. The fraction of sp³-hybridized carbons (Fsp3) is 0.222. The van der Waals surface area contributed by atoms with Gasteiger partial charge in [0.15, 0.2) is 0 Å². The molecule has 1 heterocycles. The van der Waals surface area contributed by atoms with E-state index in [1.807, 2.05) is 42.8 Å². The summed E-state index contributed by atoms with van der Waals surface area (Å²) in [6, 6.07) is 11.6. The number of nitrogens with zero attached hydrogens (tertiary/aromatic N) is 1. The van der Waals surface area contributed by atoms with Crippen LogP contribution >= 0.6 is 11.3 Å². The van der Waals surface area contributed by atoms with Gasteiger partial charge in [-0.25, -0.2) is 9.59 Å². The molecule has 6 heteroatoms. The molecule has 1 aromatic heterocycles. The highest BCUT2D eigenvalue weighted by Gasteiger charge is 2.20. The van der Waals surface area contributed by atoms with Crippen molar-refractivity contribution in [3.05, 3.63) is 57.8 Å². The van der Waals surface area contributed by atoms with E-state index < -0.39 is 11.9 Å².